The number of benzene rings is 1. The van der Waals surface area contributed by atoms with Crippen LogP contribution in [0.5, 0.6) is 0 Å². The molecule has 166 valence electrons. The van der Waals surface area contributed by atoms with Gasteiger partial charge < -0.3 is 5.32 Å². The number of nitrogens with one attached hydrogen (secondary N) is 1. The molecule has 1 aliphatic heterocycles. The summed E-state index contributed by atoms with van der Waals surface area (Å²) in [6, 6.07) is 8.77. The molecule has 0 radical (unpaired) electrons. The number of aryl methyl sites for hydroxylation is 1. The fourth-order valence-corrected chi connectivity index (χ4v) is 3.77. The predicted octanol–water partition coefficient (Wildman–Crippen LogP) is 3.43. The van der Waals surface area contributed by atoms with Crippen LogP contribution < -0.4 is 10.2 Å². The molecule has 1 amide bonds. The van der Waals surface area contributed by atoms with Crippen LogP contribution in [-0.4, -0.2) is 37.2 Å². The molecule has 33 heavy (non-hydrogen) atoms. The van der Waals surface area contributed by atoms with Gasteiger partial charge >= 0.3 is 0 Å². The number of halogens is 2. The third-order valence-electron chi connectivity index (χ3n) is 5.47. The van der Waals surface area contributed by atoms with Crippen molar-refractivity contribution in [3.63, 3.8) is 0 Å². The molecule has 0 aliphatic carbocycles. The van der Waals surface area contributed by atoms with Gasteiger partial charge in [-0.2, -0.15) is 5.10 Å². The minimum atomic E-state index is -0.731. The number of anilines is 3. The van der Waals surface area contributed by atoms with Gasteiger partial charge in [-0.15, -0.1) is 0 Å². The van der Waals surface area contributed by atoms with Gasteiger partial charge in [-0.3, -0.25) is 14.4 Å². The van der Waals surface area contributed by atoms with Crippen LogP contribution in [0.2, 0.25) is 0 Å². The Morgan fingerprint density at radius 1 is 1.12 bits per heavy atom. The van der Waals surface area contributed by atoms with Crippen LogP contribution in [0.3, 0.4) is 0 Å². The molecule has 4 heterocycles. The summed E-state index contributed by atoms with van der Waals surface area (Å²) < 4.78 is 28.8. The molecule has 1 aromatic carbocycles. The van der Waals surface area contributed by atoms with Crippen molar-refractivity contribution >= 4 is 23.5 Å². The maximum absolute atomic E-state index is 14.0. The number of aromatic nitrogens is 5. The zero-order valence-electron chi connectivity index (χ0n) is 17.7. The maximum atomic E-state index is 14.0. The number of pyridine rings is 1. The van der Waals surface area contributed by atoms with Gasteiger partial charge in [0.25, 0.3) is 0 Å². The molecule has 0 spiro atoms. The molecule has 0 saturated heterocycles. The number of hydrogen-bond donors (Lipinski definition) is 1. The van der Waals surface area contributed by atoms with Crippen LogP contribution >= 0.6 is 0 Å². The van der Waals surface area contributed by atoms with E-state index in [-0.39, 0.29) is 17.9 Å². The highest BCUT2D eigenvalue weighted by atomic mass is 19.1. The lowest BCUT2D eigenvalue weighted by atomic mass is 10.1. The smallest absolute Gasteiger partial charge is 0.232 e. The van der Waals surface area contributed by atoms with E-state index < -0.39 is 11.6 Å². The second-order valence-electron chi connectivity index (χ2n) is 7.65. The molecule has 3 aromatic heterocycles. The van der Waals surface area contributed by atoms with Gasteiger partial charge in [0.2, 0.25) is 11.9 Å². The quantitative estimate of drug-likeness (QED) is 0.504. The van der Waals surface area contributed by atoms with E-state index in [0.29, 0.717) is 30.4 Å². The Hall–Kier alpha value is -4.21. The van der Waals surface area contributed by atoms with E-state index in [1.165, 1.54) is 11.0 Å². The predicted molar refractivity (Wildman–Crippen MR) is 118 cm³/mol. The van der Waals surface area contributed by atoms with E-state index in [9.17, 15) is 13.6 Å². The van der Waals surface area contributed by atoms with Crippen molar-refractivity contribution in [3.8, 4) is 11.3 Å². The van der Waals surface area contributed by atoms with Crippen LogP contribution in [-0.2, 0) is 24.7 Å². The number of carbonyl (C=O) groups excluding carboxylic acids is 1. The van der Waals surface area contributed by atoms with Crippen LogP contribution in [0.15, 0.2) is 55.0 Å². The summed E-state index contributed by atoms with van der Waals surface area (Å²) in [5.74, 6) is 0.0386. The summed E-state index contributed by atoms with van der Waals surface area (Å²) in [5, 5.41) is 7.23. The molecule has 8 nitrogen and oxygen atoms in total. The van der Waals surface area contributed by atoms with Crippen LogP contribution in [0.4, 0.5) is 26.4 Å². The van der Waals surface area contributed by atoms with Crippen molar-refractivity contribution < 1.29 is 13.6 Å². The van der Waals surface area contributed by atoms with E-state index in [1.54, 1.807) is 29.3 Å². The van der Waals surface area contributed by atoms with Crippen molar-refractivity contribution in [2.24, 2.45) is 7.05 Å². The lowest BCUT2D eigenvalue weighted by Gasteiger charge is -2.17. The molecule has 1 N–H and O–H groups in total. The third-order valence-corrected chi connectivity index (χ3v) is 5.47. The van der Waals surface area contributed by atoms with Gasteiger partial charge in [0.15, 0.2) is 0 Å². The van der Waals surface area contributed by atoms with E-state index in [0.717, 1.165) is 29.1 Å². The van der Waals surface area contributed by atoms with Crippen molar-refractivity contribution in [1.29, 1.82) is 0 Å². The molecule has 0 atom stereocenters. The Balaban J connectivity index is 1.35. The first-order chi connectivity index (χ1) is 16.0. The van der Waals surface area contributed by atoms with Gasteiger partial charge in [0.05, 0.1) is 18.3 Å². The SMILES string of the molecule is Cn1nccc1Nc1nccc(-c2cnc3c(c2)CCN3C(=O)Cc2ccc(F)cc2F)n1. The molecule has 0 bridgehead atoms. The van der Waals surface area contributed by atoms with E-state index in [1.807, 2.05) is 19.2 Å². The molecule has 1 aliphatic rings. The number of fused-ring (bicyclic) bond motifs is 1. The van der Waals surface area contributed by atoms with Crippen LogP contribution in [0, 0.1) is 11.6 Å². The van der Waals surface area contributed by atoms with Gasteiger partial charge in [-0.25, -0.2) is 23.7 Å². The van der Waals surface area contributed by atoms with Crippen molar-refractivity contribution in [2.45, 2.75) is 12.8 Å². The lowest BCUT2D eigenvalue weighted by molar-refractivity contribution is -0.118. The summed E-state index contributed by atoms with van der Waals surface area (Å²) >= 11 is 0. The first-order valence-corrected chi connectivity index (χ1v) is 10.3. The fraction of sp³-hybridized carbons (Fsp3) is 0.174. The van der Waals surface area contributed by atoms with Crippen LogP contribution in [0.25, 0.3) is 11.3 Å². The van der Waals surface area contributed by atoms with Crippen molar-refractivity contribution in [3.05, 3.63) is 77.8 Å². The zero-order chi connectivity index (χ0) is 22.9. The number of rotatable bonds is 5. The lowest BCUT2D eigenvalue weighted by Crippen LogP contribution is -2.31. The molecule has 0 saturated carbocycles. The third kappa shape index (κ3) is 4.14. The number of hydrogen-bond acceptors (Lipinski definition) is 6. The maximum Gasteiger partial charge on any atom is 0.232 e. The Bertz CT molecular complexity index is 1350. The molecule has 5 rings (SSSR count). The van der Waals surface area contributed by atoms with Gasteiger partial charge in [-0.05, 0) is 35.7 Å². The highest BCUT2D eigenvalue weighted by molar-refractivity contribution is 5.96. The van der Waals surface area contributed by atoms with Gasteiger partial charge in [0, 0.05) is 43.7 Å². The van der Waals surface area contributed by atoms with Gasteiger partial charge in [0.1, 0.15) is 23.3 Å². The molecule has 0 fully saturated rings. The minimum absolute atomic E-state index is 0.154. The summed E-state index contributed by atoms with van der Waals surface area (Å²) in [7, 11) is 1.81. The summed E-state index contributed by atoms with van der Waals surface area (Å²) in [5.41, 5.74) is 2.53. The summed E-state index contributed by atoms with van der Waals surface area (Å²) in [6.45, 7) is 0.449. The Morgan fingerprint density at radius 2 is 2.00 bits per heavy atom. The number of nitrogens with zero attached hydrogens (tertiary/aromatic N) is 6. The minimum Gasteiger partial charge on any atom is -0.309 e. The number of carbonyl (C=O) groups is 1. The Labute approximate surface area is 187 Å². The highest BCUT2D eigenvalue weighted by Gasteiger charge is 2.27. The average Bonchev–Trinajstić information content (AvgIpc) is 3.41. The zero-order valence-corrected chi connectivity index (χ0v) is 17.7. The molecular weight excluding hydrogens is 428 g/mol. The average molecular weight is 447 g/mol. The topological polar surface area (TPSA) is 88.8 Å². The second-order valence-corrected chi connectivity index (χ2v) is 7.65. The fourth-order valence-electron chi connectivity index (χ4n) is 3.77. The summed E-state index contributed by atoms with van der Waals surface area (Å²) in [4.78, 5) is 27.6. The monoisotopic (exact) mass is 447 g/mol. The van der Waals surface area contributed by atoms with Crippen LogP contribution in [0.1, 0.15) is 11.1 Å². The van der Waals surface area contributed by atoms with Gasteiger partial charge in [-0.1, -0.05) is 6.07 Å². The van der Waals surface area contributed by atoms with Crippen molar-refractivity contribution in [1.82, 2.24) is 24.7 Å². The molecule has 4 aromatic rings. The standard InChI is InChI=1S/C23H19F2N7O/c1-31-20(5-8-28-31)30-23-26-7-4-19(29-23)16-10-15-6-9-32(22(15)27-13-16)21(33)11-14-2-3-17(24)12-18(14)25/h2-5,7-8,10,12-13H,6,9,11H2,1H3,(H,26,29,30). The second kappa shape index (κ2) is 8.38. The molecule has 10 heteroatoms. The number of amides is 1. The summed E-state index contributed by atoms with van der Waals surface area (Å²) in [6.07, 6.45) is 5.44. The van der Waals surface area contributed by atoms with Crippen molar-refractivity contribution in [2.75, 3.05) is 16.8 Å². The Morgan fingerprint density at radius 3 is 2.79 bits per heavy atom. The Kier molecular flexibility index (Phi) is 5.25. The van der Waals surface area contributed by atoms with E-state index >= 15 is 0 Å². The highest BCUT2D eigenvalue weighted by Crippen LogP contribution is 2.30. The normalized spacial score (nSPS) is 12.6. The largest absolute Gasteiger partial charge is 0.309 e. The van der Waals surface area contributed by atoms with E-state index in [4.69, 9.17) is 0 Å². The molecule has 0 unspecified atom stereocenters. The first-order valence-electron chi connectivity index (χ1n) is 10.3. The van der Waals surface area contributed by atoms with E-state index in [2.05, 4.69) is 25.4 Å². The molecular formula is C23H19F2N7O. The first kappa shape index (κ1) is 20.7.